The van der Waals surface area contributed by atoms with E-state index in [4.69, 9.17) is 0 Å². The lowest BCUT2D eigenvalue weighted by molar-refractivity contribution is -0.131. The Morgan fingerprint density at radius 2 is 1.97 bits per heavy atom. The van der Waals surface area contributed by atoms with Gasteiger partial charge in [-0.15, -0.1) is 0 Å². The molecule has 2 aromatic rings. The van der Waals surface area contributed by atoms with Crippen LogP contribution >= 0.6 is 0 Å². The Hall–Kier alpha value is -3.55. The van der Waals surface area contributed by atoms with Crippen molar-refractivity contribution >= 4 is 29.3 Å². The number of carbonyl (C=O) groups excluding carboxylic acids is 4. The highest BCUT2D eigenvalue weighted by molar-refractivity contribution is 6.11. The first kappa shape index (κ1) is 19.8. The third-order valence-electron chi connectivity index (χ3n) is 5.54. The summed E-state index contributed by atoms with van der Waals surface area (Å²) in [6, 6.07) is 10.4. The van der Waals surface area contributed by atoms with Gasteiger partial charge in [-0.25, -0.2) is 9.18 Å². The van der Waals surface area contributed by atoms with E-state index in [0.717, 1.165) is 34.9 Å². The number of hydrogen-bond acceptors (Lipinski definition) is 4. The molecule has 2 aromatic carbocycles. The highest BCUT2D eigenvalue weighted by Crippen LogP contribution is 2.39. The third-order valence-corrected chi connectivity index (χ3v) is 5.54. The van der Waals surface area contributed by atoms with E-state index < -0.39 is 35.6 Å². The fourth-order valence-corrected chi connectivity index (χ4v) is 4.21. The minimum absolute atomic E-state index is 0.212. The molecule has 4 amide bonds. The van der Waals surface area contributed by atoms with Gasteiger partial charge < -0.3 is 10.6 Å². The predicted octanol–water partition coefficient (Wildman–Crippen LogP) is 2.75. The molecule has 2 N–H and O–H groups in total. The Kier molecular flexibility index (Phi) is 4.85. The maximum Gasteiger partial charge on any atom is 0.325 e. The molecule has 1 atom stereocenters. The van der Waals surface area contributed by atoms with E-state index in [1.807, 2.05) is 24.3 Å². The molecule has 0 bridgehead atoms. The summed E-state index contributed by atoms with van der Waals surface area (Å²) in [5, 5.41) is 5.20. The average Bonchev–Trinajstić information content (AvgIpc) is 2.92. The van der Waals surface area contributed by atoms with Gasteiger partial charge in [0.15, 0.2) is 5.78 Å². The van der Waals surface area contributed by atoms with Crippen LogP contribution < -0.4 is 10.6 Å². The minimum Gasteiger partial charge on any atom is -0.326 e. The number of fused-ring (bicyclic) bond motifs is 2. The predicted molar refractivity (Wildman–Crippen MR) is 106 cm³/mol. The van der Waals surface area contributed by atoms with Crippen LogP contribution in [-0.4, -0.2) is 35.1 Å². The lowest BCUT2D eigenvalue weighted by Gasteiger charge is -2.33. The fraction of sp³-hybridized carbons (Fsp3) is 0.273. The largest absolute Gasteiger partial charge is 0.326 e. The second-order valence-electron chi connectivity index (χ2n) is 7.54. The van der Waals surface area contributed by atoms with E-state index in [1.54, 1.807) is 0 Å². The van der Waals surface area contributed by atoms with Gasteiger partial charge in [0, 0.05) is 12.6 Å². The summed E-state index contributed by atoms with van der Waals surface area (Å²) in [5.74, 6) is -2.41. The number of ketones is 1. The highest BCUT2D eigenvalue weighted by atomic mass is 19.1. The zero-order valence-corrected chi connectivity index (χ0v) is 16.3. The molecule has 1 heterocycles. The van der Waals surface area contributed by atoms with Gasteiger partial charge in [-0.3, -0.25) is 19.3 Å². The minimum atomic E-state index is -1.18. The van der Waals surface area contributed by atoms with Crippen LogP contribution in [0.4, 0.5) is 14.9 Å². The molecule has 0 radical (unpaired) electrons. The molecule has 1 spiro atoms. The summed E-state index contributed by atoms with van der Waals surface area (Å²) in [4.78, 5) is 50.4. The van der Waals surface area contributed by atoms with E-state index in [-0.39, 0.29) is 17.2 Å². The average molecular weight is 409 g/mol. The molecule has 1 fully saturated rings. The first-order valence-electron chi connectivity index (χ1n) is 9.64. The molecule has 0 unspecified atom stereocenters. The van der Waals surface area contributed by atoms with E-state index in [1.165, 1.54) is 19.1 Å². The first-order chi connectivity index (χ1) is 14.3. The Bertz CT molecular complexity index is 1080. The number of nitrogens with one attached hydrogen (secondary N) is 2. The van der Waals surface area contributed by atoms with Gasteiger partial charge in [0.1, 0.15) is 11.4 Å². The number of carbonyl (C=O) groups is 4. The van der Waals surface area contributed by atoms with Crippen LogP contribution in [0.25, 0.3) is 0 Å². The maximum absolute atomic E-state index is 14.4. The van der Waals surface area contributed by atoms with Gasteiger partial charge in [-0.1, -0.05) is 24.3 Å². The van der Waals surface area contributed by atoms with Crippen molar-refractivity contribution in [3.63, 3.8) is 0 Å². The molecule has 154 valence electrons. The quantitative estimate of drug-likeness (QED) is 0.600. The van der Waals surface area contributed by atoms with Gasteiger partial charge in [-0.2, -0.15) is 0 Å². The van der Waals surface area contributed by atoms with E-state index in [2.05, 4.69) is 10.6 Å². The van der Waals surface area contributed by atoms with Crippen molar-refractivity contribution in [2.45, 2.75) is 31.7 Å². The molecular formula is C22H20FN3O4. The van der Waals surface area contributed by atoms with Crippen molar-refractivity contribution < 1.29 is 23.6 Å². The fourth-order valence-electron chi connectivity index (χ4n) is 4.21. The molecule has 0 saturated carbocycles. The normalized spacial score (nSPS) is 20.1. The van der Waals surface area contributed by atoms with E-state index in [9.17, 15) is 23.6 Å². The summed E-state index contributed by atoms with van der Waals surface area (Å²) in [6.07, 6.45) is 1.98. The molecule has 7 nitrogen and oxygen atoms in total. The number of amides is 4. The summed E-state index contributed by atoms with van der Waals surface area (Å²) in [5.41, 5.74) is 0.514. The molecule has 2 aliphatic rings. The molecule has 1 saturated heterocycles. The number of Topliss-reactive ketones (excluding diaryl/α,β-unsaturated/α-hetero) is 1. The van der Waals surface area contributed by atoms with Crippen molar-refractivity contribution in [2.75, 3.05) is 11.9 Å². The van der Waals surface area contributed by atoms with Crippen LogP contribution in [-0.2, 0) is 21.5 Å². The number of nitrogens with zero attached hydrogens (tertiary/aromatic N) is 1. The van der Waals surface area contributed by atoms with Crippen LogP contribution in [0.5, 0.6) is 0 Å². The number of halogens is 1. The van der Waals surface area contributed by atoms with Gasteiger partial charge in [0.05, 0.1) is 12.1 Å². The number of rotatable bonds is 4. The number of imide groups is 1. The monoisotopic (exact) mass is 409 g/mol. The molecule has 1 aliphatic carbocycles. The van der Waals surface area contributed by atoms with Crippen LogP contribution in [0.15, 0.2) is 42.5 Å². The van der Waals surface area contributed by atoms with Gasteiger partial charge in [-0.05, 0) is 48.6 Å². The summed E-state index contributed by atoms with van der Waals surface area (Å²) >= 11 is 0. The molecule has 30 heavy (non-hydrogen) atoms. The number of anilines is 1. The first-order valence-corrected chi connectivity index (χ1v) is 9.64. The summed E-state index contributed by atoms with van der Waals surface area (Å²) < 4.78 is 14.4. The van der Waals surface area contributed by atoms with Crippen LogP contribution in [0.2, 0.25) is 0 Å². The SMILES string of the molecule is CC(=O)Nc1ccc(C(=O)CN2C(=O)N[C@]3(CCCc4ccccc43)C2=O)c(F)c1. The molecule has 0 aromatic heterocycles. The smallest absolute Gasteiger partial charge is 0.325 e. The van der Waals surface area contributed by atoms with Crippen LogP contribution in [0, 0.1) is 5.82 Å². The molecular weight excluding hydrogens is 389 g/mol. The van der Waals surface area contributed by atoms with Crippen molar-refractivity contribution in [2.24, 2.45) is 0 Å². The highest BCUT2D eigenvalue weighted by Gasteiger charge is 2.54. The molecule has 4 rings (SSSR count). The Balaban J connectivity index is 1.58. The zero-order chi connectivity index (χ0) is 21.5. The van der Waals surface area contributed by atoms with Crippen molar-refractivity contribution in [1.82, 2.24) is 10.2 Å². The van der Waals surface area contributed by atoms with Gasteiger partial charge in [0.25, 0.3) is 5.91 Å². The summed E-state index contributed by atoms with van der Waals surface area (Å²) in [7, 11) is 0. The van der Waals surface area contributed by atoms with Gasteiger partial charge >= 0.3 is 6.03 Å². The molecule has 1 aliphatic heterocycles. The zero-order valence-electron chi connectivity index (χ0n) is 16.3. The van der Waals surface area contributed by atoms with E-state index in [0.29, 0.717) is 6.42 Å². The summed E-state index contributed by atoms with van der Waals surface area (Å²) in [6.45, 7) is 0.721. The van der Waals surface area contributed by atoms with Crippen molar-refractivity contribution in [1.29, 1.82) is 0 Å². The van der Waals surface area contributed by atoms with Crippen molar-refractivity contribution in [3.8, 4) is 0 Å². The Morgan fingerprint density at radius 3 is 2.70 bits per heavy atom. The maximum atomic E-state index is 14.4. The van der Waals surface area contributed by atoms with Crippen LogP contribution in [0.3, 0.4) is 0 Å². The standard InChI is InChI=1S/C22H20FN3O4/c1-13(27)24-15-8-9-16(18(23)11-15)19(28)12-26-20(29)22(25-21(26)30)10-4-6-14-5-2-3-7-17(14)22/h2-3,5,7-9,11H,4,6,10,12H2,1H3,(H,24,27)(H,25,30)/t22-/m0/s1. The molecule has 8 heteroatoms. The second-order valence-corrected chi connectivity index (χ2v) is 7.54. The van der Waals surface area contributed by atoms with Gasteiger partial charge in [0.2, 0.25) is 5.91 Å². The lowest BCUT2D eigenvalue weighted by atomic mass is 9.76. The Morgan fingerprint density at radius 1 is 1.20 bits per heavy atom. The number of urea groups is 1. The van der Waals surface area contributed by atoms with Crippen molar-refractivity contribution in [3.05, 3.63) is 65.0 Å². The third kappa shape index (κ3) is 3.24. The number of aryl methyl sites for hydroxylation is 1. The number of benzene rings is 2. The van der Waals surface area contributed by atoms with E-state index >= 15 is 0 Å². The van der Waals surface area contributed by atoms with Crippen LogP contribution in [0.1, 0.15) is 41.3 Å². The topological polar surface area (TPSA) is 95.6 Å². The number of hydrogen-bond donors (Lipinski definition) is 2. The second kappa shape index (κ2) is 7.37. The Labute approximate surface area is 172 Å². The lowest BCUT2D eigenvalue weighted by Crippen LogP contribution is -2.46.